The average Bonchev–Trinajstić information content (AvgIpc) is 2.19. The van der Waals surface area contributed by atoms with Crippen molar-refractivity contribution in [1.29, 1.82) is 0 Å². The summed E-state index contributed by atoms with van der Waals surface area (Å²) in [6, 6.07) is 0. The standard InChI is InChI=1S/C14H28OSi/c1-5-6-7-8-9-10-11-12-13-15-16-14(2,3)4/h8-9,11-12H,5-7,10,13,16H2,1-4H3. The Morgan fingerprint density at radius 1 is 1.06 bits per heavy atom. The molecular formula is C14H28OSi. The fourth-order valence-electron chi connectivity index (χ4n) is 1.21. The van der Waals surface area contributed by atoms with Crippen molar-refractivity contribution in [2.24, 2.45) is 0 Å². The molecule has 0 bridgehead atoms. The summed E-state index contributed by atoms with van der Waals surface area (Å²) < 4.78 is 5.67. The SMILES string of the molecule is CCCCC=CCC=CCO[SiH2]C(C)(C)C. The molecule has 0 saturated carbocycles. The van der Waals surface area contributed by atoms with Crippen molar-refractivity contribution in [2.45, 2.75) is 58.4 Å². The maximum atomic E-state index is 5.67. The summed E-state index contributed by atoms with van der Waals surface area (Å²) in [4.78, 5) is 0. The van der Waals surface area contributed by atoms with E-state index in [1.54, 1.807) is 0 Å². The number of rotatable bonds is 8. The van der Waals surface area contributed by atoms with E-state index in [0.29, 0.717) is 5.04 Å². The van der Waals surface area contributed by atoms with E-state index in [9.17, 15) is 0 Å². The molecule has 94 valence electrons. The van der Waals surface area contributed by atoms with Crippen LogP contribution in [-0.2, 0) is 4.43 Å². The summed E-state index contributed by atoms with van der Waals surface area (Å²) in [6.07, 6.45) is 13.7. The quantitative estimate of drug-likeness (QED) is 0.354. The van der Waals surface area contributed by atoms with Crippen LogP contribution in [0.4, 0.5) is 0 Å². The maximum absolute atomic E-state index is 5.67. The van der Waals surface area contributed by atoms with Crippen LogP contribution in [-0.4, -0.2) is 16.4 Å². The van der Waals surface area contributed by atoms with E-state index in [0.717, 1.165) is 13.0 Å². The highest BCUT2D eigenvalue weighted by Gasteiger charge is 2.10. The summed E-state index contributed by atoms with van der Waals surface area (Å²) in [7, 11) is -0.370. The Bertz CT molecular complexity index is 201. The highest BCUT2D eigenvalue weighted by atomic mass is 28.2. The van der Waals surface area contributed by atoms with Crippen LogP contribution in [0.15, 0.2) is 24.3 Å². The van der Waals surface area contributed by atoms with Gasteiger partial charge >= 0.3 is 0 Å². The Hall–Kier alpha value is -0.343. The molecule has 1 nitrogen and oxygen atoms in total. The first-order valence-electron chi connectivity index (χ1n) is 6.44. The topological polar surface area (TPSA) is 9.23 Å². The van der Waals surface area contributed by atoms with Gasteiger partial charge < -0.3 is 4.43 Å². The van der Waals surface area contributed by atoms with E-state index in [2.05, 4.69) is 52.0 Å². The van der Waals surface area contributed by atoms with E-state index >= 15 is 0 Å². The average molecular weight is 240 g/mol. The van der Waals surface area contributed by atoms with Crippen LogP contribution in [0, 0.1) is 0 Å². The lowest BCUT2D eigenvalue weighted by molar-refractivity contribution is 0.365. The first kappa shape index (κ1) is 15.7. The van der Waals surface area contributed by atoms with E-state index in [4.69, 9.17) is 4.43 Å². The largest absolute Gasteiger partial charge is 0.420 e. The molecule has 0 atom stereocenters. The van der Waals surface area contributed by atoms with Crippen molar-refractivity contribution >= 4 is 9.76 Å². The Labute approximate surface area is 104 Å². The van der Waals surface area contributed by atoms with Gasteiger partial charge in [0.15, 0.2) is 9.76 Å². The molecule has 0 aromatic rings. The third-order valence-electron chi connectivity index (χ3n) is 2.08. The van der Waals surface area contributed by atoms with Gasteiger partial charge in [0.25, 0.3) is 0 Å². The Morgan fingerprint density at radius 2 is 1.75 bits per heavy atom. The molecular weight excluding hydrogens is 212 g/mol. The number of allylic oxidation sites excluding steroid dienone is 3. The minimum absolute atomic E-state index is 0.370. The van der Waals surface area contributed by atoms with Crippen molar-refractivity contribution < 1.29 is 4.43 Å². The molecule has 0 aliphatic heterocycles. The van der Waals surface area contributed by atoms with Gasteiger partial charge in [0.1, 0.15) is 0 Å². The van der Waals surface area contributed by atoms with Gasteiger partial charge in [-0.3, -0.25) is 0 Å². The lowest BCUT2D eigenvalue weighted by atomic mass is 10.2. The number of unbranched alkanes of at least 4 members (excludes halogenated alkanes) is 2. The molecule has 0 radical (unpaired) electrons. The summed E-state index contributed by atoms with van der Waals surface area (Å²) in [6.45, 7) is 9.77. The summed E-state index contributed by atoms with van der Waals surface area (Å²) in [5, 5.41) is 0.411. The molecule has 0 amide bonds. The lowest BCUT2D eigenvalue weighted by Crippen LogP contribution is -2.12. The molecule has 0 spiro atoms. The zero-order valence-electron chi connectivity index (χ0n) is 11.5. The molecule has 16 heavy (non-hydrogen) atoms. The van der Waals surface area contributed by atoms with Crippen LogP contribution < -0.4 is 0 Å². The van der Waals surface area contributed by atoms with Crippen molar-refractivity contribution in [3.8, 4) is 0 Å². The monoisotopic (exact) mass is 240 g/mol. The van der Waals surface area contributed by atoms with Crippen molar-refractivity contribution in [3.05, 3.63) is 24.3 Å². The third kappa shape index (κ3) is 13.7. The molecule has 0 aliphatic carbocycles. The fourth-order valence-corrected chi connectivity index (χ4v) is 2.08. The molecule has 0 N–H and O–H groups in total. The second-order valence-corrected chi connectivity index (χ2v) is 8.21. The Balaban J connectivity index is 3.32. The molecule has 0 aromatic heterocycles. The van der Waals surface area contributed by atoms with Crippen molar-refractivity contribution in [2.75, 3.05) is 6.61 Å². The maximum Gasteiger partial charge on any atom is 0.167 e. The zero-order chi connectivity index (χ0) is 12.3. The molecule has 0 aliphatic rings. The predicted molar refractivity (Wildman–Crippen MR) is 76.6 cm³/mol. The highest BCUT2D eigenvalue weighted by Crippen LogP contribution is 2.19. The van der Waals surface area contributed by atoms with Crippen LogP contribution >= 0.6 is 0 Å². The zero-order valence-corrected chi connectivity index (χ0v) is 12.9. The van der Waals surface area contributed by atoms with Gasteiger partial charge in [-0.15, -0.1) is 0 Å². The van der Waals surface area contributed by atoms with Crippen LogP contribution in [0.2, 0.25) is 5.04 Å². The van der Waals surface area contributed by atoms with E-state index in [-0.39, 0.29) is 9.76 Å². The molecule has 0 unspecified atom stereocenters. The van der Waals surface area contributed by atoms with E-state index in [1.165, 1.54) is 19.3 Å². The number of hydrogen-bond acceptors (Lipinski definition) is 1. The van der Waals surface area contributed by atoms with E-state index in [1.807, 2.05) is 0 Å². The minimum Gasteiger partial charge on any atom is -0.420 e. The van der Waals surface area contributed by atoms with Gasteiger partial charge in [-0.2, -0.15) is 0 Å². The smallest absolute Gasteiger partial charge is 0.167 e. The lowest BCUT2D eigenvalue weighted by Gasteiger charge is -2.15. The molecule has 0 rings (SSSR count). The number of hydrogen-bond donors (Lipinski definition) is 0. The van der Waals surface area contributed by atoms with E-state index < -0.39 is 0 Å². The summed E-state index contributed by atoms with van der Waals surface area (Å²) in [5.41, 5.74) is 0. The van der Waals surface area contributed by atoms with Gasteiger partial charge in [-0.25, -0.2) is 0 Å². The minimum atomic E-state index is -0.370. The third-order valence-corrected chi connectivity index (χ3v) is 3.38. The van der Waals surface area contributed by atoms with Crippen LogP contribution in [0.5, 0.6) is 0 Å². The Kier molecular flexibility index (Phi) is 9.64. The van der Waals surface area contributed by atoms with Crippen LogP contribution in [0.1, 0.15) is 53.4 Å². The first-order chi connectivity index (χ1) is 7.56. The predicted octanol–water partition coefficient (Wildman–Crippen LogP) is 4.00. The van der Waals surface area contributed by atoms with Gasteiger partial charge in [0.2, 0.25) is 0 Å². The molecule has 2 heteroatoms. The fraction of sp³-hybridized carbons (Fsp3) is 0.714. The first-order valence-corrected chi connectivity index (χ1v) is 7.72. The van der Waals surface area contributed by atoms with Gasteiger partial charge in [-0.1, -0.05) is 64.8 Å². The summed E-state index contributed by atoms with van der Waals surface area (Å²) >= 11 is 0. The molecule has 0 saturated heterocycles. The van der Waals surface area contributed by atoms with Gasteiger partial charge in [-0.05, 0) is 17.9 Å². The van der Waals surface area contributed by atoms with Gasteiger partial charge in [0, 0.05) is 0 Å². The van der Waals surface area contributed by atoms with Crippen molar-refractivity contribution in [3.63, 3.8) is 0 Å². The summed E-state index contributed by atoms with van der Waals surface area (Å²) in [5.74, 6) is 0. The van der Waals surface area contributed by atoms with Crippen LogP contribution in [0.3, 0.4) is 0 Å². The van der Waals surface area contributed by atoms with Crippen molar-refractivity contribution in [1.82, 2.24) is 0 Å². The van der Waals surface area contributed by atoms with Gasteiger partial charge in [0.05, 0.1) is 6.61 Å². The molecule has 0 fully saturated rings. The van der Waals surface area contributed by atoms with Crippen LogP contribution in [0.25, 0.3) is 0 Å². The normalized spacial score (nSPS) is 13.8. The highest BCUT2D eigenvalue weighted by molar-refractivity contribution is 6.31. The second kappa shape index (κ2) is 9.85. The molecule has 0 heterocycles. The second-order valence-electron chi connectivity index (χ2n) is 5.40. The molecule has 0 aromatic carbocycles. The Morgan fingerprint density at radius 3 is 2.38 bits per heavy atom.